The fraction of sp³-hybridized carbons (Fsp3) is 0.419. The van der Waals surface area contributed by atoms with E-state index in [9.17, 15) is 37.5 Å². The molecule has 6 rings (SSSR count). The first-order chi connectivity index (χ1) is 22.1. The zero-order valence-electron chi connectivity index (χ0n) is 24.8. The first-order valence-electron chi connectivity index (χ1n) is 14.4. The molecule has 2 aromatic rings. The van der Waals surface area contributed by atoms with Crippen LogP contribution in [-0.2, 0) is 19.2 Å². The molecule has 2 aliphatic heterocycles. The highest BCUT2D eigenvalue weighted by Crippen LogP contribution is 2.67. The summed E-state index contributed by atoms with van der Waals surface area (Å²) in [6.07, 6.45) is 1.29. The van der Waals surface area contributed by atoms with E-state index in [1.807, 2.05) is 0 Å². The van der Waals surface area contributed by atoms with Gasteiger partial charge in [0.05, 0.1) is 26.1 Å². The number of anilines is 1. The summed E-state index contributed by atoms with van der Waals surface area (Å²) in [5, 5.41) is 11.3. The lowest BCUT2D eigenvalue weighted by Gasteiger charge is -2.50. The van der Waals surface area contributed by atoms with E-state index in [4.69, 9.17) is 32.7 Å². The van der Waals surface area contributed by atoms with Crippen molar-refractivity contribution < 1.29 is 55.7 Å². The monoisotopic (exact) mass is 702 g/mol. The van der Waals surface area contributed by atoms with Gasteiger partial charge in [0.25, 0.3) is 11.8 Å². The Bertz CT molecular complexity index is 1800. The minimum absolute atomic E-state index is 0.0250. The van der Waals surface area contributed by atoms with Gasteiger partial charge in [-0.05, 0) is 25.2 Å². The lowest BCUT2D eigenvalue weighted by Crippen LogP contribution is -2.60. The normalized spacial score (nSPS) is 30.0. The maximum Gasteiger partial charge on any atom is 0.258 e. The molecule has 6 atom stereocenters. The average molecular weight is 703 g/mol. The van der Waals surface area contributed by atoms with Crippen LogP contribution < -0.4 is 14.4 Å². The number of halogens is 7. The molecule has 0 aromatic heterocycles. The standard InChI is InChI=1S/C31H25Cl2F5N2O7/c1-4-7-39-26(42)13-6-5-12-14(17(13)27(39)43)10-30(32)28(44)40(25-23(37)21(35)20(34)22(36)24(25)38)29(45)31(30,33)19(12)18-15(41)8-11(46-2)9-16(18)47-3/h5,8-9,13-14,17,19,41H,4,6-7,10H2,1-3H3/t13-,14+,17-,19+,30+,31-/m0/s1. The molecule has 2 aliphatic carbocycles. The van der Waals surface area contributed by atoms with Crippen LogP contribution in [0.3, 0.4) is 0 Å². The number of rotatable bonds is 6. The molecule has 9 nitrogen and oxygen atoms in total. The number of methoxy groups -OCH3 is 2. The Morgan fingerprint density at radius 2 is 1.51 bits per heavy atom. The smallest absolute Gasteiger partial charge is 0.258 e. The van der Waals surface area contributed by atoms with Crippen LogP contribution >= 0.6 is 23.2 Å². The zero-order valence-corrected chi connectivity index (χ0v) is 26.3. The van der Waals surface area contributed by atoms with Crippen LogP contribution in [0.1, 0.15) is 37.7 Å². The van der Waals surface area contributed by atoms with Crippen LogP contribution in [-0.4, -0.2) is 64.1 Å². The molecule has 1 saturated carbocycles. The molecule has 2 aromatic carbocycles. The van der Waals surface area contributed by atoms with Crippen LogP contribution in [0.25, 0.3) is 0 Å². The summed E-state index contributed by atoms with van der Waals surface area (Å²) in [6.45, 7) is 1.86. The minimum atomic E-state index is -2.81. The summed E-state index contributed by atoms with van der Waals surface area (Å²) in [7, 11) is 2.48. The summed E-state index contributed by atoms with van der Waals surface area (Å²) < 4.78 is 83.8. The van der Waals surface area contributed by atoms with Gasteiger partial charge < -0.3 is 14.6 Å². The average Bonchev–Trinajstić information content (AvgIpc) is 3.37. The van der Waals surface area contributed by atoms with Crippen LogP contribution in [0, 0.1) is 46.8 Å². The highest BCUT2D eigenvalue weighted by atomic mass is 35.5. The molecule has 2 saturated heterocycles. The SMILES string of the molecule is CCCN1C(=O)[C@H]2[C@H](CC=C3[C@H]2C[C@@]2(Cl)C(=O)N(c4c(F)c(F)c(F)c(F)c4F)C(=O)[C@@]2(Cl)[C@H]3c2c(O)cc(OC)cc2OC)C1=O. The molecular weight excluding hydrogens is 678 g/mol. The van der Waals surface area contributed by atoms with Gasteiger partial charge in [-0.3, -0.25) is 24.1 Å². The molecular formula is C31H25Cl2F5N2O7. The van der Waals surface area contributed by atoms with Gasteiger partial charge in [0.1, 0.15) is 22.9 Å². The third-order valence-electron chi connectivity index (χ3n) is 9.60. The Balaban J connectivity index is 1.64. The maximum atomic E-state index is 15.2. The van der Waals surface area contributed by atoms with Crippen molar-refractivity contribution in [2.24, 2.45) is 17.8 Å². The van der Waals surface area contributed by atoms with E-state index in [1.54, 1.807) is 6.92 Å². The second-order valence-electron chi connectivity index (χ2n) is 11.8. The molecule has 16 heteroatoms. The van der Waals surface area contributed by atoms with Gasteiger partial charge in [0, 0.05) is 30.2 Å². The highest BCUT2D eigenvalue weighted by Gasteiger charge is 2.77. The van der Waals surface area contributed by atoms with Crippen LogP contribution in [0.4, 0.5) is 27.6 Å². The van der Waals surface area contributed by atoms with Gasteiger partial charge in [-0.15, -0.1) is 23.2 Å². The summed E-state index contributed by atoms with van der Waals surface area (Å²) in [5.41, 5.74) is -1.96. The number of carbonyl (C=O) groups excluding carboxylic acids is 4. The molecule has 250 valence electrons. The van der Waals surface area contributed by atoms with E-state index in [2.05, 4.69) is 0 Å². The van der Waals surface area contributed by atoms with Crippen molar-refractivity contribution in [3.05, 3.63) is 58.4 Å². The van der Waals surface area contributed by atoms with E-state index in [0.717, 1.165) is 11.0 Å². The van der Waals surface area contributed by atoms with Gasteiger partial charge in [0.15, 0.2) is 33.0 Å². The van der Waals surface area contributed by atoms with E-state index in [1.165, 1.54) is 26.4 Å². The highest BCUT2D eigenvalue weighted by molar-refractivity contribution is 6.58. The number of hydrogen-bond acceptors (Lipinski definition) is 7. The Labute approximate surface area is 273 Å². The summed E-state index contributed by atoms with van der Waals surface area (Å²) in [4.78, 5) is 50.9. The number of phenols is 1. The quantitative estimate of drug-likeness (QED) is 0.112. The molecule has 4 aliphatic rings. The van der Waals surface area contributed by atoms with Gasteiger partial charge in [-0.1, -0.05) is 18.6 Å². The number of nitrogens with zero attached hydrogens (tertiary/aromatic N) is 2. The minimum Gasteiger partial charge on any atom is -0.507 e. The third-order valence-corrected chi connectivity index (χ3v) is 11.0. The van der Waals surface area contributed by atoms with Crippen LogP contribution in [0.2, 0.25) is 0 Å². The van der Waals surface area contributed by atoms with Gasteiger partial charge >= 0.3 is 0 Å². The molecule has 0 bridgehead atoms. The Hall–Kier alpha value is -3.91. The Kier molecular flexibility index (Phi) is 7.78. The van der Waals surface area contributed by atoms with E-state index < -0.39 is 104 Å². The number of carbonyl (C=O) groups is 4. The molecule has 0 radical (unpaired) electrons. The lowest BCUT2D eigenvalue weighted by molar-refractivity contribution is -0.140. The Morgan fingerprint density at radius 3 is 2.09 bits per heavy atom. The van der Waals surface area contributed by atoms with Crippen molar-refractivity contribution in [1.82, 2.24) is 4.90 Å². The molecule has 0 spiro atoms. The number of imide groups is 2. The van der Waals surface area contributed by atoms with Crippen molar-refractivity contribution in [2.75, 3.05) is 25.7 Å². The van der Waals surface area contributed by atoms with Crippen molar-refractivity contribution in [1.29, 1.82) is 0 Å². The summed E-state index contributed by atoms with van der Waals surface area (Å²) in [6, 6.07) is 2.43. The Morgan fingerprint density at radius 1 is 0.894 bits per heavy atom. The van der Waals surface area contributed by atoms with Gasteiger partial charge in [-0.2, -0.15) is 0 Å². The molecule has 2 heterocycles. The molecule has 4 amide bonds. The fourth-order valence-corrected chi connectivity index (χ4v) is 8.48. The van der Waals surface area contributed by atoms with Crippen molar-refractivity contribution in [2.45, 2.75) is 41.9 Å². The predicted octanol–water partition coefficient (Wildman–Crippen LogP) is 5.08. The molecule has 0 unspecified atom stereocenters. The van der Waals surface area contributed by atoms with Crippen LogP contribution in [0.5, 0.6) is 17.2 Å². The first kappa shape index (κ1) is 33.0. The van der Waals surface area contributed by atoms with E-state index >= 15 is 8.78 Å². The number of phenolic OH excluding ortho intramolecular Hbond substituents is 1. The topological polar surface area (TPSA) is 113 Å². The van der Waals surface area contributed by atoms with E-state index in [-0.39, 0.29) is 40.5 Å². The summed E-state index contributed by atoms with van der Waals surface area (Å²) >= 11 is 14.2. The van der Waals surface area contributed by atoms with Crippen LogP contribution in [0.15, 0.2) is 23.8 Å². The first-order valence-corrected chi connectivity index (χ1v) is 15.2. The zero-order chi connectivity index (χ0) is 34.5. The number of allylic oxidation sites excluding steroid dienone is 2. The largest absolute Gasteiger partial charge is 0.507 e. The summed E-state index contributed by atoms with van der Waals surface area (Å²) in [5.74, 6) is -22.2. The fourth-order valence-electron chi connectivity index (χ4n) is 7.56. The third kappa shape index (κ3) is 4.12. The van der Waals surface area contributed by atoms with Gasteiger partial charge in [-0.25, -0.2) is 26.9 Å². The second kappa shape index (κ2) is 11.1. The van der Waals surface area contributed by atoms with Crippen molar-refractivity contribution in [3.63, 3.8) is 0 Å². The molecule has 3 fully saturated rings. The second-order valence-corrected chi connectivity index (χ2v) is 13.0. The number of alkyl halides is 2. The van der Waals surface area contributed by atoms with Crippen molar-refractivity contribution in [3.8, 4) is 17.2 Å². The number of aromatic hydroxyl groups is 1. The predicted molar refractivity (Wildman–Crippen MR) is 155 cm³/mol. The molecule has 47 heavy (non-hydrogen) atoms. The number of hydrogen-bond donors (Lipinski definition) is 1. The van der Waals surface area contributed by atoms with E-state index in [0.29, 0.717) is 6.42 Å². The molecule has 1 N–H and O–H groups in total. The van der Waals surface area contributed by atoms with Crippen molar-refractivity contribution >= 4 is 52.5 Å². The number of amides is 4. The lowest BCUT2D eigenvalue weighted by atomic mass is 9.56. The number of likely N-dealkylation sites (tertiary alicyclic amines) is 1. The number of benzene rings is 2. The number of fused-ring (bicyclic) bond motifs is 4. The maximum absolute atomic E-state index is 15.2. The number of ether oxygens (including phenoxy) is 2. The van der Waals surface area contributed by atoms with Gasteiger partial charge in [0.2, 0.25) is 17.6 Å².